The van der Waals surface area contributed by atoms with Crippen LogP contribution < -0.4 is 0 Å². The standard InChI is InChI=1S/C16H25NO.C3H8/c1-2-3-4-5-6-9-12-17-13-14-10-7-8-11-15(14)16(17)18;1-3-2/h7-8,10-11,16,18H,2-6,9,12-13H2,1H3;3H2,1-2H3/t16-;/m1./s1. The zero-order chi connectivity index (χ0) is 15.5. The van der Waals surface area contributed by atoms with Gasteiger partial charge in [0.25, 0.3) is 0 Å². The normalized spacial score (nSPS) is 17.2. The lowest BCUT2D eigenvalue weighted by atomic mass is 10.1. The van der Waals surface area contributed by atoms with E-state index in [1.54, 1.807) is 0 Å². The first-order valence-corrected chi connectivity index (χ1v) is 8.74. The smallest absolute Gasteiger partial charge is 0.134 e. The molecule has 21 heavy (non-hydrogen) atoms. The quantitative estimate of drug-likeness (QED) is 0.692. The first-order valence-electron chi connectivity index (χ1n) is 8.74. The van der Waals surface area contributed by atoms with E-state index in [1.807, 2.05) is 12.1 Å². The molecule has 0 saturated heterocycles. The predicted molar refractivity (Wildman–Crippen MR) is 91.2 cm³/mol. The van der Waals surface area contributed by atoms with Crippen molar-refractivity contribution in [1.82, 2.24) is 4.90 Å². The Kier molecular flexibility index (Phi) is 9.36. The van der Waals surface area contributed by atoms with Crippen LogP contribution in [0.2, 0.25) is 0 Å². The minimum Gasteiger partial charge on any atom is -0.374 e. The first kappa shape index (κ1) is 18.2. The summed E-state index contributed by atoms with van der Waals surface area (Å²) < 4.78 is 0. The van der Waals surface area contributed by atoms with Crippen LogP contribution in [-0.4, -0.2) is 16.6 Å². The van der Waals surface area contributed by atoms with Crippen LogP contribution in [0.3, 0.4) is 0 Å². The second kappa shape index (κ2) is 10.8. The number of aliphatic hydroxyl groups is 1. The molecule has 0 amide bonds. The van der Waals surface area contributed by atoms with E-state index in [1.165, 1.54) is 50.5 Å². The Labute approximate surface area is 131 Å². The Morgan fingerprint density at radius 1 is 1.00 bits per heavy atom. The molecule has 0 aliphatic carbocycles. The van der Waals surface area contributed by atoms with Gasteiger partial charge in [-0.2, -0.15) is 0 Å². The van der Waals surface area contributed by atoms with Crippen LogP contribution in [0.5, 0.6) is 0 Å². The largest absolute Gasteiger partial charge is 0.374 e. The number of benzene rings is 1. The molecule has 0 unspecified atom stereocenters. The number of aliphatic hydroxyl groups excluding tert-OH is 1. The van der Waals surface area contributed by atoms with E-state index in [0.717, 1.165) is 18.7 Å². The monoisotopic (exact) mass is 291 g/mol. The fraction of sp³-hybridized carbons (Fsp3) is 0.684. The molecule has 0 bridgehead atoms. The second-order valence-corrected chi connectivity index (χ2v) is 6.02. The predicted octanol–water partition coefficient (Wildman–Crippen LogP) is 5.27. The molecule has 0 radical (unpaired) electrons. The lowest BCUT2D eigenvalue weighted by Crippen LogP contribution is -2.22. The van der Waals surface area contributed by atoms with Gasteiger partial charge >= 0.3 is 0 Å². The molecule has 1 aromatic rings. The van der Waals surface area contributed by atoms with Crippen molar-refractivity contribution in [2.45, 2.75) is 78.5 Å². The van der Waals surface area contributed by atoms with Gasteiger partial charge in [-0.3, -0.25) is 4.90 Å². The maximum absolute atomic E-state index is 10.2. The highest BCUT2D eigenvalue weighted by atomic mass is 16.3. The highest BCUT2D eigenvalue weighted by Gasteiger charge is 2.26. The Bertz CT molecular complexity index is 378. The van der Waals surface area contributed by atoms with Crippen molar-refractivity contribution in [1.29, 1.82) is 0 Å². The molecule has 0 aromatic heterocycles. The summed E-state index contributed by atoms with van der Waals surface area (Å²) in [5.41, 5.74) is 2.39. The molecule has 1 aliphatic heterocycles. The summed E-state index contributed by atoms with van der Waals surface area (Å²) in [6.07, 6.45) is 8.73. The van der Waals surface area contributed by atoms with Gasteiger partial charge in [0.05, 0.1) is 0 Å². The second-order valence-electron chi connectivity index (χ2n) is 6.02. The van der Waals surface area contributed by atoms with Gasteiger partial charge in [-0.05, 0) is 17.5 Å². The van der Waals surface area contributed by atoms with Crippen LogP contribution in [-0.2, 0) is 6.54 Å². The summed E-state index contributed by atoms with van der Waals surface area (Å²) in [6, 6.07) is 8.23. The minimum atomic E-state index is -0.378. The van der Waals surface area contributed by atoms with E-state index in [9.17, 15) is 5.11 Å². The number of nitrogens with zero attached hydrogens (tertiary/aromatic N) is 1. The highest BCUT2D eigenvalue weighted by molar-refractivity contribution is 5.32. The van der Waals surface area contributed by atoms with Crippen LogP contribution in [0.15, 0.2) is 24.3 Å². The SMILES string of the molecule is CCC.CCCCCCCCN1Cc2ccccc2[C@H]1O. The van der Waals surface area contributed by atoms with Crippen molar-refractivity contribution in [2.75, 3.05) is 6.54 Å². The summed E-state index contributed by atoms with van der Waals surface area (Å²) in [5, 5.41) is 10.2. The van der Waals surface area contributed by atoms with E-state index >= 15 is 0 Å². The lowest BCUT2D eigenvalue weighted by Gasteiger charge is -2.20. The van der Waals surface area contributed by atoms with Gasteiger partial charge in [-0.15, -0.1) is 0 Å². The molecule has 0 saturated carbocycles. The molecule has 1 aliphatic rings. The number of rotatable bonds is 7. The number of hydrogen-bond donors (Lipinski definition) is 1. The molecule has 1 heterocycles. The van der Waals surface area contributed by atoms with Gasteiger partial charge in [0.2, 0.25) is 0 Å². The van der Waals surface area contributed by atoms with Crippen LogP contribution in [0.4, 0.5) is 0 Å². The third kappa shape index (κ3) is 6.19. The first-order chi connectivity index (χ1) is 10.2. The van der Waals surface area contributed by atoms with E-state index in [-0.39, 0.29) is 6.23 Å². The van der Waals surface area contributed by atoms with Gasteiger partial charge in [-0.25, -0.2) is 0 Å². The van der Waals surface area contributed by atoms with Crippen molar-refractivity contribution in [3.8, 4) is 0 Å². The molecular formula is C19H33NO. The third-order valence-electron chi connectivity index (χ3n) is 3.85. The van der Waals surface area contributed by atoms with Crippen LogP contribution >= 0.6 is 0 Å². The summed E-state index contributed by atoms with van der Waals surface area (Å²) in [6.45, 7) is 8.42. The molecule has 1 aromatic carbocycles. The molecule has 2 nitrogen and oxygen atoms in total. The third-order valence-corrected chi connectivity index (χ3v) is 3.85. The Balaban J connectivity index is 0.000000677. The number of fused-ring (bicyclic) bond motifs is 1. The molecular weight excluding hydrogens is 258 g/mol. The van der Waals surface area contributed by atoms with Gasteiger partial charge in [0.1, 0.15) is 6.23 Å². The van der Waals surface area contributed by atoms with E-state index in [4.69, 9.17) is 0 Å². The van der Waals surface area contributed by atoms with E-state index in [0.29, 0.717) is 0 Å². The maximum atomic E-state index is 10.2. The maximum Gasteiger partial charge on any atom is 0.134 e. The molecule has 1 atom stereocenters. The summed E-state index contributed by atoms with van der Waals surface area (Å²) in [7, 11) is 0. The van der Waals surface area contributed by atoms with E-state index < -0.39 is 0 Å². The number of hydrogen-bond acceptors (Lipinski definition) is 2. The number of unbranched alkanes of at least 4 members (excludes halogenated alkanes) is 5. The molecule has 0 fully saturated rings. The zero-order valence-electron chi connectivity index (χ0n) is 14.1. The fourth-order valence-electron chi connectivity index (χ4n) is 2.73. The molecule has 120 valence electrons. The summed E-state index contributed by atoms with van der Waals surface area (Å²) in [5.74, 6) is 0. The Hall–Kier alpha value is -0.860. The van der Waals surface area contributed by atoms with Crippen molar-refractivity contribution in [2.24, 2.45) is 0 Å². The van der Waals surface area contributed by atoms with E-state index in [2.05, 4.69) is 37.8 Å². The van der Waals surface area contributed by atoms with Gasteiger partial charge in [0, 0.05) is 13.1 Å². The zero-order valence-corrected chi connectivity index (χ0v) is 14.1. The van der Waals surface area contributed by atoms with Crippen LogP contribution in [0.25, 0.3) is 0 Å². The topological polar surface area (TPSA) is 23.5 Å². The van der Waals surface area contributed by atoms with Crippen molar-refractivity contribution < 1.29 is 5.11 Å². The van der Waals surface area contributed by atoms with Crippen LogP contribution in [0, 0.1) is 0 Å². The minimum absolute atomic E-state index is 0.378. The molecule has 0 spiro atoms. The average Bonchev–Trinajstić information content (AvgIpc) is 2.81. The summed E-state index contributed by atoms with van der Waals surface area (Å²) in [4.78, 5) is 2.19. The molecule has 2 heteroatoms. The fourth-order valence-corrected chi connectivity index (χ4v) is 2.73. The Morgan fingerprint density at radius 2 is 1.62 bits per heavy atom. The average molecular weight is 291 g/mol. The molecule has 2 rings (SSSR count). The molecule has 1 N–H and O–H groups in total. The van der Waals surface area contributed by atoms with Gasteiger partial charge < -0.3 is 5.11 Å². The van der Waals surface area contributed by atoms with Crippen molar-refractivity contribution in [3.63, 3.8) is 0 Å². The van der Waals surface area contributed by atoms with Crippen LogP contribution in [0.1, 0.15) is 83.1 Å². The van der Waals surface area contributed by atoms with Gasteiger partial charge in [0.15, 0.2) is 0 Å². The highest BCUT2D eigenvalue weighted by Crippen LogP contribution is 2.31. The lowest BCUT2D eigenvalue weighted by molar-refractivity contribution is 0.0126. The van der Waals surface area contributed by atoms with Crippen molar-refractivity contribution >= 4 is 0 Å². The van der Waals surface area contributed by atoms with Crippen molar-refractivity contribution in [3.05, 3.63) is 35.4 Å². The van der Waals surface area contributed by atoms with Gasteiger partial charge in [-0.1, -0.05) is 83.6 Å². The summed E-state index contributed by atoms with van der Waals surface area (Å²) >= 11 is 0. The Morgan fingerprint density at radius 3 is 2.29 bits per heavy atom.